The fraction of sp³-hybridized carbons (Fsp3) is 1.00. The number of hydrogen-bond acceptors (Lipinski definition) is 0. The standard InChI is InChI=1S/C10H20.I3/c1-3-9-5-7-10(4-2)8-6-9;1-3-2/h9-10H,3-8H2,1-2H3;/q;-1. The Morgan fingerprint density at radius 3 is 1.31 bits per heavy atom. The van der Waals surface area contributed by atoms with Crippen LogP contribution in [0.4, 0.5) is 0 Å². The fourth-order valence-corrected chi connectivity index (χ4v) is 2.05. The first kappa shape index (κ1) is 15.2. The predicted molar refractivity (Wildman–Crippen MR) is 74.1 cm³/mol. The molecule has 0 aliphatic heterocycles. The average Bonchev–Trinajstić information content (AvgIpc) is 2.19. The zero-order valence-electron chi connectivity index (χ0n) is 8.53. The van der Waals surface area contributed by atoms with Crippen LogP contribution in [0, 0.1) is 11.8 Å². The summed E-state index contributed by atoms with van der Waals surface area (Å²) in [7, 11) is 0. The molecule has 13 heavy (non-hydrogen) atoms. The van der Waals surface area contributed by atoms with E-state index >= 15 is 0 Å². The Morgan fingerprint density at radius 2 is 1.15 bits per heavy atom. The van der Waals surface area contributed by atoms with Crippen LogP contribution >= 0.6 is 37.2 Å². The molecule has 0 aromatic carbocycles. The molecule has 0 heterocycles. The SMILES string of the molecule is CCC1CCC(CC)CC1.I[I-]I. The molecule has 1 aliphatic rings. The van der Waals surface area contributed by atoms with Gasteiger partial charge >= 0.3 is 50.5 Å². The second kappa shape index (κ2) is 10.7. The van der Waals surface area contributed by atoms with E-state index in [1.807, 2.05) is 0 Å². The van der Waals surface area contributed by atoms with Crippen LogP contribution in [-0.2, 0) is 0 Å². The van der Waals surface area contributed by atoms with E-state index in [4.69, 9.17) is 0 Å². The van der Waals surface area contributed by atoms with Crippen molar-refractivity contribution in [1.82, 2.24) is 0 Å². The van der Waals surface area contributed by atoms with Crippen LogP contribution in [0.25, 0.3) is 0 Å². The van der Waals surface area contributed by atoms with Crippen LogP contribution in [0.3, 0.4) is 0 Å². The first-order chi connectivity index (χ1) is 6.28. The first-order valence-corrected chi connectivity index (χ1v) is 17.7. The third-order valence-corrected chi connectivity index (χ3v) is 3.12. The van der Waals surface area contributed by atoms with Gasteiger partial charge in [-0.05, 0) is 11.8 Å². The van der Waals surface area contributed by atoms with Crippen LogP contribution in [0.1, 0.15) is 52.4 Å². The molecule has 1 aliphatic carbocycles. The van der Waals surface area contributed by atoms with Crippen molar-refractivity contribution in [3.63, 3.8) is 0 Å². The Hall–Kier alpha value is 2.19. The summed E-state index contributed by atoms with van der Waals surface area (Å²) in [4.78, 5) is 0. The van der Waals surface area contributed by atoms with E-state index < -0.39 is 0 Å². The summed E-state index contributed by atoms with van der Waals surface area (Å²) in [6.45, 7) is 4.66. The third kappa shape index (κ3) is 8.04. The summed E-state index contributed by atoms with van der Waals surface area (Å²) in [5, 5.41) is 0. The molecule has 0 bridgehead atoms. The first-order valence-electron chi connectivity index (χ1n) is 5.15. The molecule has 0 radical (unpaired) electrons. The molecule has 3 heteroatoms. The van der Waals surface area contributed by atoms with Crippen LogP contribution < -0.4 is 13.3 Å². The van der Waals surface area contributed by atoms with E-state index in [9.17, 15) is 0 Å². The molecular weight excluding hydrogens is 501 g/mol. The second-order valence-electron chi connectivity index (χ2n) is 3.76. The zero-order chi connectivity index (χ0) is 10.1. The molecule has 0 spiro atoms. The summed E-state index contributed by atoms with van der Waals surface area (Å²) < 4.78 is 0. The summed E-state index contributed by atoms with van der Waals surface area (Å²) in [5.41, 5.74) is 0. The van der Waals surface area contributed by atoms with Gasteiger partial charge in [0.1, 0.15) is 0 Å². The quantitative estimate of drug-likeness (QED) is 0.491. The number of halogens is 3. The maximum absolute atomic E-state index is 2.39. The molecule has 0 nitrogen and oxygen atoms in total. The molecule has 0 unspecified atom stereocenters. The third-order valence-electron chi connectivity index (χ3n) is 3.12. The Kier molecular flexibility index (Phi) is 12.5. The number of hydrogen-bond donors (Lipinski definition) is 0. The molecule has 0 aromatic heterocycles. The van der Waals surface area contributed by atoms with Gasteiger partial charge in [-0.1, -0.05) is 52.4 Å². The molecule has 0 atom stereocenters. The summed E-state index contributed by atoms with van der Waals surface area (Å²) in [6, 6.07) is 0. The summed E-state index contributed by atoms with van der Waals surface area (Å²) in [6.07, 6.45) is 8.86. The Labute approximate surface area is 113 Å². The topological polar surface area (TPSA) is 0 Å². The molecule has 82 valence electrons. The molecular formula is C10H20I3-. The van der Waals surface area contributed by atoms with Gasteiger partial charge in [0.15, 0.2) is 0 Å². The van der Waals surface area contributed by atoms with Gasteiger partial charge < -0.3 is 0 Å². The van der Waals surface area contributed by atoms with Gasteiger partial charge in [-0.15, -0.1) is 0 Å². The van der Waals surface area contributed by atoms with Gasteiger partial charge in [-0.2, -0.15) is 0 Å². The van der Waals surface area contributed by atoms with Gasteiger partial charge in [0.25, 0.3) is 0 Å². The van der Waals surface area contributed by atoms with E-state index in [1.54, 1.807) is 0 Å². The van der Waals surface area contributed by atoms with E-state index in [0.717, 1.165) is 11.8 Å². The molecule has 1 rings (SSSR count). The van der Waals surface area contributed by atoms with Crippen molar-refractivity contribution in [3.05, 3.63) is 0 Å². The molecule has 1 fully saturated rings. The van der Waals surface area contributed by atoms with E-state index in [0.29, 0.717) is 13.3 Å². The van der Waals surface area contributed by atoms with Crippen molar-refractivity contribution in [2.24, 2.45) is 11.8 Å². The monoisotopic (exact) mass is 521 g/mol. The van der Waals surface area contributed by atoms with Crippen molar-refractivity contribution < 1.29 is 13.3 Å². The van der Waals surface area contributed by atoms with Gasteiger partial charge in [-0.3, -0.25) is 0 Å². The Bertz CT molecular complexity index is 86.3. The van der Waals surface area contributed by atoms with E-state index in [1.165, 1.54) is 38.5 Å². The summed E-state index contributed by atoms with van der Waals surface area (Å²) >= 11 is 5.30. The van der Waals surface area contributed by atoms with Crippen LogP contribution in [0.15, 0.2) is 0 Å². The van der Waals surface area contributed by atoms with Gasteiger partial charge in [0.05, 0.1) is 0 Å². The van der Waals surface area contributed by atoms with Crippen LogP contribution in [0.2, 0.25) is 0 Å². The average molecular weight is 521 g/mol. The number of rotatable bonds is 2. The normalized spacial score (nSPS) is 28.0. The summed E-state index contributed by atoms with van der Waals surface area (Å²) in [5.74, 6) is 2.14. The Morgan fingerprint density at radius 1 is 0.923 bits per heavy atom. The van der Waals surface area contributed by atoms with Crippen molar-refractivity contribution in [2.75, 3.05) is 0 Å². The van der Waals surface area contributed by atoms with Crippen LogP contribution in [0.5, 0.6) is 0 Å². The fourth-order valence-electron chi connectivity index (χ4n) is 2.05. The van der Waals surface area contributed by atoms with Crippen molar-refractivity contribution in [2.45, 2.75) is 52.4 Å². The second-order valence-corrected chi connectivity index (χ2v) is 20.0. The van der Waals surface area contributed by atoms with E-state index in [-0.39, 0.29) is 0 Å². The van der Waals surface area contributed by atoms with Crippen molar-refractivity contribution in [1.29, 1.82) is 0 Å². The predicted octanol–water partition coefficient (Wildman–Crippen LogP) is 2.39. The molecule has 0 saturated heterocycles. The molecule has 1 saturated carbocycles. The van der Waals surface area contributed by atoms with Crippen LogP contribution in [-0.4, -0.2) is 0 Å². The van der Waals surface area contributed by atoms with Gasteiger partial charge in [0, 0.05) is 0 Å². The van der Waals surface area contributed by atoms with E-state index in [2.05, 4.69) is 51.1 Å². The van der Waals surface area contributed by atoms with Crippen molar-refractivity contribution >= 4 is 37.2 Å². The van der Waals surface area contributed by atoms with Gasteiger partial charge in [0.2, 0.25) is 0 Å². The molecule has 0 N–H and O–H groups in total. The minimum atomic E-state index is 0.530. The molecule has 0 aromatic rings. The van der Waals surface area contributed by atoms with Gasteiger partial charge in [-0.25, -0.2) is 0 Å². The zero-order valence-corrected chi connectivity index (χ0v) is 15.0. The maximum atomic E-state index is 2.39. The Balaban J connectivity index is 0.000000424. The minimum absolute atomic E-state index is 0.530. The molecule has 0 amide bonds. The van der Waals surface area contributed by atoms with Crippen molar-refractivity contribution in [3.8, 4) is 0 Å².